The van der Waals surface area contributed by atoms with Gasteiger partial charge in [0.2, 0.25) is 5.91 Å². The second-order valence-electron chi connectivity index (χ2n) is 5.73. The maximum absolute atomic E-state index is 12.0. The lowest BCUT2D eigenvalue weighted by molar-refractivity contribution is -0.120. The summed E-state index contributed by atoms with van der Waals surface area (Å²) in [6.07, 6.45) is 5.32. The lowest BCUT2D eigenvalue weighted by Crippen LogP contribution is -2.34. The number of hydrogen-bond donors (Lipinski definition) is 2. The van der Waals surface area contributed by atoms with Crippen molar-refractivity contribution >= 4 is 28.9 Å². The Morgan fingerprint density at radius 2 is 2.09 bits per heavy atom. The van der Waals surface area contributed by atoms with Crippen molar-refractivity contribution in [1.29, 1.82) is 0 Å². The molecule has 1 saturated carbocycles. The number of methoxy groups -OCH3 is 1. The molecule has 0 saturated heterocycles. The maximum Gasteiger partial charge on any atom is 0.226 e. The fraction of sp³-hybridized carbons (Fsp3) is 0.529. The highest BCUT2D eigenvalue weighted by molar-refractivity contribution is 7.80. The molecule has 1 aliphatic rings. The lowest BCUT2D eigenvalue weighted by atomic mass is 10.0. The summed E-state index contributed by atoms with van der Waals surface area (Å²) in [6, 6.07) is 7.44. The van der Waals surface area contributed by atoms with Gasteiger partial charge in [0.1, 0.15) is 12.4 Å². The van der Waals surface area contributed by atoms with E-state index in [0.29, 0.717) is 30.7 Å². The van der Waals surface area contributed by atoms with Gasteiger partial charge in [0.15, 0.2) is 5.11 Å². The van der Waals surface area contributed by atoms with E-state index >= 15 is 0 Å². The van der Waals surface area contributed by atoms with Crippen molar-refractivity contribution in [2.75, 3.05) is 25.6 Å². The molecule has 0 bridgehead atoms. The van der Waals surface area contributed by atoms with Gasteiger partial charge in [0, 0.05) is 25.3 Å². The molecule has 0 spiro atoms. The second kappa shape index (κ2) is 9.47. The molecule has 0 aliphatic heterocycles. The van der Waals surface area contributed by atoms with Gasteiger partial charge in [-0.1, -0.05) is 18.9 Å². The Bertz CT molecular complexity index is 530. The first-order valence-corrected chi connectivity index (χ1v) is 8.41. The van der Waals surface area contributed by atoms with Gasteiger partial charge in [-0.15, -0.1) is 0 Å². The smallest absolute Gasteiger partial charge is 0.226 e. The summed E-state index contributed by atoms with van der Waals surface area (Å²) in [5.41, 5.74) is 0.783. The number of rotatable bonds is 7. The molecular formula is C17H24N2O3S. The molecule has 5 nitrogen and oxygen atoms in total. The molecule has 0 atom stereocenters. The number of benzene rings is 1. The highest BCUT2D eigenvalue weighted by Crippen LogP contribution is 2.27. The van der Waals surface area contributed by atoms with Crippen LogP contribution in [0.25, 0.3) is 0 Å². The van der Waals surface area contributed by atoms with Crippen molar-refractivity contribution in [3.05, 3.63) is 24.3 Å². The van der Waals surface area contributed by atoms with E-state index < -0.39 is 0 Å². The van der Waals surface area contributed by atoms with Crippen LogP contribution in [0.3, 0.4) is 0 Å². The highest BCUT2D eigenvalue weighted by atomic mass is 32.1. The molecule has 1 aromatic carbocycles. The Morgan fingerprint density at radius 3 is 2.83 bits per heavy atom. The van der Waals surface area contributed by atoms with E-state index in [1.807, 2.05) is 24.3 Å². The van der Waals surface area contributed by atoms with Crippen LogP contribution in [-0.4, -0.2) is 31.3 Å². The van der Waals surface area contributed by atoms with Gasteiger partial charge in [0.25, 0.3) is 0 Å². The van der Waals surface area contributed by atoms with Crippen molar-refractivity contribution in [1.82, 2.24) is 5.32 Å². The summed E-state index contributed by atoms with van der Waals surface area (Å²) in [4.78, 5) is 12.0. The van der Waals surface area contributed by atoms with Gasteiger partial charge in [-0.25, -0.2) is 0 Å². The summed E-state index contributed by atoms with van der Waals surface area (Å²) in [6.45, 7) is 1.02. The SMILES string of the molecule is COCCOc1cccc(NC(=S)NC(=O)CC2CCCC2)c1. The van der Waals surface area contributed by atoms with Crippen LogP contribution in [0.1, 0.15) is 32.1 Å². The Labute approximate surface area is 142 Å². The molecule has 0 heterocycles. The number of amides is 1. The van der Waals surface area contributed by atoms with Crippen LogP contribution in [0.4, 0.5) is 5.69 Å². The van der Waals surface area contributed by atoms with E-state index in [1.54, 1.807) is 7.11 Å². The minimum absolute atomic E-state index is 0.0121. The average Bonchev–Trinajstić information content (AvgIpc) is 3.00. The monoisotopic (exact) mass is 336 g/mol. The topological polar surface area (TPSA) is 59.6 Å². The first-order chi connectivity index (χ1) is 11.2. The molecule has 2 N–H and O–H groups in total. The van der Waals surface area contributed by atoms with E-state index in [2.05, 4.69) is 10.6 Å². The van der Waals surface area contributed by atoms with Crippen molar-refractivity contribution < 1.29 is 14.3 Å². The van der Waals surface area contributed by atoms with Crippen molar-refractivity contribution in [3.63, 3.8) is 0 Å². The van der Waals surface area contributed by atoms with Gasteiger partial charge in [-0.3, -0.25) is 4.79 Å². The fourth-order valence-corrected chi connectivity index (χ4v) is 2.95. The first-order valence-electron chi connectivity index (χ1n) is 8.00. The van der Waals surface area contributed by atoms with Crippen molar-refractivity contribution in [2.24, 2.45) is 5.92 Å². The van der Waals surface area contributed by atoms with Crippen LogP contribution < -0.4 is 15.4 Å². The quantitative estimate of drug-likeness (QED) is 0.592. The Morgan fingerprint density at radius 1 is 1.30 bits per heavy atom. The van der Waals surface area contributed by atoms with Crippen LogP contribution in [0.2, 0.25) is 0 Å². The zero-order chi connectivity index (χ0) is 16.5. The van der Waals surface area contributed by atoms with Gasteiger partial charge in [-0.2, -0.15) is 0 Å². The molecule has 2 rings (SSSR count). The maximum atomic E-state index is 12.0. The molecule has 0 unspecified atom stereocenters. The number of hydrogen-bond acceptors (Lipinski definition) is 4. The fourth-order valence-electron chi connectivity index (χ4n) is 2.72. The molecule has 1 aromatic rings. The summed E-state index contributed by atoms with van der Waals surface area (Å²) in [5, 5.41) is 6.09. The number of ether oxygens (including phenoxy) is 2. The Balaban J connectivity index is 1.77. The van der Waals surface area contributed by atoms with Crippen molar-refractivity contribution in [2.45, 2.75) is 32.1 Å². The van der Waals surface area contributed by atoms with E-state index in [9.17, 15) is 4.79 Å². The number of carbonyl (C=O) groups excluding carboxylic acids is 1. The minimum Gasteiger partial charge on any atom is -0.491 e. The van der Waals surface area contributed by atoms with Crippen LogP contribution in [0.5, 0.6) is 5.75 Å². The summed E-state index contributed by atoms with van der Waals surface area (Å²) >= 11 is 5.20. The van der Waals surface area contributed by atoms with Gasteiger partial charge in [0.05, 0.1) is 6.61 Å². The van der Waals surface area contributed by atoms with Crippen LogP contribution in [-0.2, 0) is 9.53 Å². The minimum atomic E-state index is -0.0121. The van der Waals surface area contributed by atoms with Crippen LogP contribution in [0, 0.1) is 5.92 Å². The van der Waals surface area contributed by atoms with E-state index in [1.165, 1.54) is 12.8 Å². The highest BCUT2D eigenvalue weighted by Gasteiger charge is 2.18. The zero-order valence-corrected chi connectivity index (χ0v) is 14.3. The molecule has 6 heteroatoms. The predicted octanol–water partition coefficient (Wildman–Crippen LogP) is 3.11. The Hall–Kier alpha value is -1.66. The average molecular weight is 336 g/mol. The Kier molecular flexibility index (Phi) is 7.29. The third-order valence-corrected chi connectivity index (χ3v) is 4.05. The second-order valence-corrected chi connectivity index (χ2v) is 6.13. The van der Waals surface area contributed by atoms with Crippen LogP contribution in [0.15, 0.2) is 24.3 Å². The van der Waals surface area contributed by atoms with E-state index in [4.69, 9.17) is 21.7 Å². The normalized spacial score (nSPS) is 14.5. The molecule has 23 heavy (non-hydrogen) atoms. The first kappa shape index (κ1) is 17.7. The number of nitrogens with one attached hydrogen (secondary N) is 2. The summed E-state index contributed by atoms with van der Waals surface area (Å²) in [7, 11) is 1.63. The van der Waals surface area contributed by atoms with E-state index in [0.717, 1.165) is 24.3 Å². The number of carbonyl (C=O) groups is 1. The molecule has 126 valence electrons. The largest absolute Gasteiger partial charge is 0.491 e. The number of thiocarbonyl (C=S) groups is 1. The molecular weight excluding hydrogens is 312 g/mol. The van der Waals surface area contributed by atoms with Gasteiger partial charge >= 0.3 is 0 Å². The van der Waals surface area contributed by atoms with Crippen LogP contribution >= 0.6 is 12.2 Å². The molecule has 1 aliphatic carbocycles. The third kappa shape index (κ3) is 6.54. The van der Waals surface area contributed by atoms with Crippen molar-refractivity contribution in [3.8, 4) is 5.75 Å². The molecule has 0 aromatic heterocycles. The molecule has 0 radical (unpaired) electrons. The standard InChI is InChI=1S/C17H24N2O3S/c1-21-9-10-22-15-8-4-7-14(12-15)18-17(23)19-16(20)11-13-5-2-3-6-13/h4,7-8,12-13H,2-3,5-6,9-11H2,1H3,(H2,18,19,20,23). The predicted molar refractivity (Wildman–Crippen MR) is 94.8 cm³/mol. The molecule has 1 fully saturated rings. The lowest BCUT2D eigenvalue weighted by Gasteiger charge is -2.13. The third-order valence-electron chi connectivity index (χ3n) is 3.85. The molecule has 1 amide bonds. The number of anilines is 1. The van der Waals surface area contributed by atoms with Gasteiger partial charge in [-0.05, 0) is 43.1 Å². The van der Waals surface area contributed by atoms with Gasteiger partial charge < -0.3 is 20.1 Å². The summed E-state index contributed by atoms with van der Waals surface area (Å²) in [5.74, 6) is 1.23. The summed E-state index contributed by atoms with van der Waals surface area (Å²) < 4.78 is 10.5. The zero-order valence-electron chi connectivity index (χ0n) is 13.5. The van der Waals surface area contributed by atoms with E-state index in [-0.39, 0.29) is 5.91 Å².